The number of nitrogens with zero attached hydrogens (tertiary/aromatic N) is 1. The number of aliphatic hydroxyl groups excluding tert-OH is 1. The van der Waals surface area contributed by atoms with Crippen LogP contribution >= 0.6 is 11.8 Å². The second-order valence-corrected chi connectivity index (χ2v) is 4.56. The van der Waals surface area contributed by atoms with Gasteiger partial charge in [-0.15, -0.1) is 11.8 Å². The lowest BCUT2D eigenvalue weighted by Crippen LogP contribution is -1.97. The summed E-state index contributed by atoms with van der Waals surface area (Å²) in [5, 5.41) is 19.5. The van der Waals surface area contributed by atoms with Crippen LogP contribution in [0.3, 0.4) is 0 Å². The topological polar surface area (TPSA) is 80.4 Å². The van der Waals surface area contributed by atoms with Crippen LogP contribution in [-0.2, 0) is 0 Å². The summed E-state index contributed by atoms with van der Waals surface area (Å²) in [4.78, 5) is 22.0. The van der Waals surface area contributed by atoms with E-state index in [9.17, 15) is 14.9 Å². The van der Waals surface area contributed by atoms with Crippen LogP contribution < -0.4 is 0 Å². The highest BCUT2D eigenvalue weighted by Crippen LogP contribution is 2.30. The van der Waals surface area contributed by atoms with E-state index >= 15 is 0 Å². The molecule has 6 heteroatoms. The number of nitro groups is 1. The summed E-state index contributed by atoms with van der Waals surface area (Å²) in [6, 6.07) is 4.46. The van der Waals surface area contributed by atoms with Crippen LogP contribution in [0.4, 0.5) is 5.69 Å². The molecule has 17 heavy (non-hydrogen) atoms. The number of hydrogen-bond acceptors (Lipinski definition) is 5. The molecule has 0 aliphatic carbocycles. The minimum atomic E-state index is -0.492. The Morgan fingerprint density at radius 3 is 2.76 bits per heavy atom. The van der Waals surface area contributed by atoms with Crippen molar-refractivity contribution in [2.24, 2.45) is 0 Å². The first-order valence-electron chi connectivity index (χ1n) is 5.09. The quantitative estimate of drug-likeness (QED) is 0.277. The first-order chi connectivity index (χ1) is 8.06. The van der Waals surface area contributed by atoms with Crippen molar-refractivity contribution in [2.75, 3.05) is 12.4 Å². The molecule has 0 spiro atoms. The van der Waals surface area contributed by atoms with E-state index in [0.717, 1.165) is 0 Å². The van der Waals surface area contributed by atoms with E-state index in [0.29, 0.717) is 22.6 Å². The summed E-state index contributed by atoms with van der Waals surface area (Å²) in [6.07, 6.45) is 0.580. The number of benzene rings is 1. The van der Waals surface area contributed by atoms with Gasteiger partial charge in [0.05, 0.1) is 9.82 Å². The van der Waals surface area contributed by atoms with Gasteiger partial charge in [-0.3, -0.25) is 14.9 Å². The fourth-order valence-electron chi connectivity index (χ4n) is 1.25. The Morgan fingerprint density at radius 1 is 1.53 bits per heavy atom. The molecule has 1 aromatic carbocycles. The highest BCUT2D eigenvalue weighted by molar-refractivity contribution is 7.99. The van der Waals surface area contributed by atoms with Crippen LogP contribution in [0.15, 0.2) is 23.1 Å². The van der Waals surface area contributed by atoms with Crippen LogP contribution in [0, 0.1) is 10.1 Å². The maximum absolute atomic E-state index is 11.1. The van der Waals surface area contributed by atoms with Gasteiger partial charge in [0, 0.05) is 24.0 Å². The highest BCUT2D eigenvalue weighted by atomic mass is 32.2. The largest absolute Gasteiger partial charge is 0.396 e. The molecule has 1 rings (SSSR count). The van der Waals surface area contributed by atoms with Crippen LogP contribution in [0.2, 0.25) is 0 Å². The van der Waals surface area contributed by atoms with E-state index in [2.05, 4.69) is 0 Å². The number of ketones is 1. The fourth-order valence-corrected chi connectivity index (χ4v) is 2.19. The van der Waals surface area contributed by atoms with Gasteiger partial charge in [-0.25, -0.2) is 0 Å². The summed E-state index contributed by atoms with van der Waals surface area (Å²) in [6.45, 7) is 1.43. The van der Waals surface area contributed by atoms with E-state index in [-0.39, 0.29) is 18.1 Å². The third-order valence-corrected chi connectivity index (χ3v) is 3.27. The van der Waals surface area contributed by atoms with Crippen LogP contribution in [-0.4, -0.2) is 28.2 Å². The van der Waals surface area contributed by atoms with Gasteiger partial charge in [-0.1, -0.05) is 0 Å². The lowest BCUT2D eigenvalue weighted by atomic mass is 10.1. The molecule has 0 saturated carbocycles. The van der Waals surface area contributed by atoms with Gasteiger partial charge >= 0.3 is 0 Å². The molecular formula is C11H13NO4S. The van der Waals surface area contributed by atoms with Crippen LogP contribution in [0.1, 0.15) is 23.7 Å². The summed E-state index contributed by atoms with van der Waals surface area (Å²) >= 11 is 1.31. The first-order valence-corrected chi connectivity index (χ1v) is 6.08. The molecule has 92 valence electrons. The van der Waals surface area contributed by atoms with Crippen molar-refractivity contribution in [1.82, 2.24) is 0 Å². The van der Waals surface area contributed by atoms with Crippen molar-refractivity contribution >= 4 is 23.2 Å². The Balaban J connectivity index is 2.96. The zero-order chi connectivity index (χ0) is 12.8. The lowest BCUT2D eigenvalue weighted by molar-refractivity contribution is -0.387. The predicted octanol–water partition coefficient (Wildman–Crippen LogP) is 2.27. The SMILES string of the molecule is CC(=O)c1ccc(SCCCO)c([N+](=O)[O-])c1. The molecule has 5 nitrogen and oxygen atoms in total. The standard InChI is InChI=1S/C11H13NO4S/c1-8(14)9-3-4-11(17-6-2-5-13)10(7-9)12(15)16/h3-4,7,13H,2,5-6H2,1H3. The minimum absolute atomic E-state index is 0.0550. The molecule has 0 atom stereocenters. The van der Waals surface area contributed by atoms with E-state index in [4.69, 9.17) is 5.11 Å². The zero-order valence-electron chi connectivity index (χ0n) is 9.38. The molecule has 0 heterocycles. The Bertz CT molecular complexity index is 433. The molecule has 0 saturated heterocycles. The molecule has 0 radical (unpaired) electrons. The van der Waals surface area contributed by atoms with E-state index in [1.165, 1.54) is 24.8 Å². The number of carbonyl (C=O) groups is 1. The molecule has 0 bridgehead atoms. The molecule has 0 fully saturated rings. The lowest BCUT2D eigenvalue weighted by Gasteiger charge is -2.03. The monoisotopic (exact) mass is 255 g/mol. The van der Waals surface area contributed by atoms with Crippen molar-refractivity contribution in [3.8, 4) is 0 Å². The number of rotatable bonds is 6. The summed E-state index contributed by atoms with van der Waals surface area (Å²) in [7, 11) is 0. The predicted molar refractivity (Wildman–Crippen MR) is 65.5 cm³/mol. The van der Waals surface area contributed by atoms with Crippen molar-refractivity contribution in [2.45, 2.75) is 18.2 Å². The normalized spacial score (nSPS) is 10.2. The third kappa shape index (κ3) is 3.83. The number of thioether (sulfide) groups is 1. The molecule has 0 aliphatic heterocycles. The minimum Gasteiger partial charge on any atom is -0.396 e. The maximum Gasteiger partial charge on any atom is 0.283 e. The van der Waals surface area contributed by atoms with E-state index < -0.39 is 4.92 Å². The molecular weight excluding hydrogens is 242 g/mol. The Hall–Kier alpha value is -1.40. The summed E-state index contributed by atoms with van der Waals surface area (Å²) < 4.78 is 0. The number of aliphatic hydroxyl groups is 1. The van der Waals surface area contributed by atoms with Crippen molar-refractivity contribution in [1.29, 1.82) is 0 Å². The van der Waals surface area contributed by atoms with Gasteiger partial charge in [-0.05, 0) is 25.5 Å². The highest BCUT2D eigenvalue weighted by Gasteiger charge is 2.16. The number of carbonyl (C=O) groups excluding carboxylic acids is 1. The third-order valence-electron chi connectivity index (χ3n) is 2.12. The number of Topliss-reactive ketones (excluding diaryl/α,β-unsaturated/α-hetero) is 1. The van der Waals surface area contributed by atoms with E-state index in [1.54, 1.807) is 12.1 Å². The molecule has 0 amide bonds. The van der Waals surface area contributed by atoms with Crippen molar-refractivity contribution in [3.63, 3.8) is 0 Å². The van der Waals surface area contributed by atoms with Gasteiger partial charge in [-0.2, -0.15) is 0 Å². The molecule has 0 aromatic heterocycles. The Labute approximate surface area is 103 Å². The smallest absolute Gasteiger partial charge is 0.283 e. The van der Waals surface area contributed by atoms with Crippen LogP contribution in [0.25, 0.3) is 0 Å². The average molecular weight is 255 g/mol. The van der Waals surface area contributed by atoms with Gasteiger partial charge in [0.1, 0.15) is 0 Å². The van der Waals surface area contributed by atoms with Gasteiger partial charge in [0.25, 0.3) is 5.69 Å². The second kappa shape index (κ2) is 6.36. The van der Waals surface area contributed by atoms with Gasteiger partial charge in [0.2, 0.25) is 0 Å². The molecule has 0 aliphatic rings. The number of hydrogen-bond donors (Lipinski definition) is 1. The zero-order valence-corrected chi connectivity index (χ0v) is 10.2. The fraction of sp³-hybridized carbons (Fsp3) is 0.364. The number of nitro benzene ring substituents is 1. The maximum atomic E-state index is 11.1. The van der Waals surface area contributed by atoms with Crippen molar-refractivity contribution < 1.29 is 14.8 Å². The Kier molecular flexibility index (Phi) is 5.11. The van der Waals surface area contributed by atoms with Crippen molar-refractivity contribution in [3.05, 3.63) is 33.9 Å². The van der Waals surface area contributed by atoms with Gasteiger partial charge < -0.3 is 5.11 Å². The summed E-state index contributed by atoms with van der Waals surface area (Å²) in [5.74, 6) is 0.413. The first kappa shape index (κ1) is 13.7. The molecule has 0 unspecified atom stereocenters. The van der Waals surface area contributed by atoms with Crippen LogP contribution in [0.5, 0.6) is 0 Å². The molecule has 1 N–H and O–H groups in total. The molecule has 1 aromatic rings. The Morgan fingerprint density at radius 2 is 2.24 bits per heavy atom. The summed E-state index contributed by atoms with van der Waals surface area (Å²) in [5.41, 5.74) is 0.281. The van der Waals surface area contributed by atoms with Gasteiger partial charge in [0.15, 0.2) is 5.78 Å². The second-order valence-electron chi connectivity index (χ2n) is 3.42. The van der Waals surface area contributed by atoms with E-state index in [1.807, 2.05) is 0 Å². The average Bonchev–Trinajstić information content (AvgIpc) is 2.29.